The van der Waals surface area contributed by atoms with E-state index in [2.05, 4.69) is 78.6 Å². The largest absolute Gasteiger partial charge is 0.256 e. The van der Waals surface area contributed by atoms with Crippen LogP contribution < -0.4 is 0 Å². The summed E-state index contributed by atoms with van der Waals surface area (Å²) in [5.41, 5.74) is 3.49. The molecule has 0 spiro atoms. The van der Waals surface area contributed by atoms with Crippen LogP contribution in [0.4, 0.5) is 5.69 Å². The zero-order valence-electron chi connectivity index (χ0n) is 11.6. The van der Waals surface area contributed by atoms with Crippen LogP contribution in [0.5, 0.6) is 0 Å². The second-order valence-electron chi connectivity index (χ2n) is 4.85. The highest BCUT2D eigenvalue weighted by Crippen LogP contribution is 2.18. The molecule has 0 unspecified atom stereocenters. The second kappa shape index (κ2) is 5.70. The Kier molecular flexibility index (Phi) is 3.60. The van der Waals surface area contributed by atoms with Crippen LogP contribution in [0.2, 0.25) is 0 Å². The van der Waals surface area contributed by atoms with Gasteiger partial charge in [-0.15, -0.1) is 0 Å². The van der Waals surface area contributed by atoms with E-state index in [1.807, 2.05) is 6.21 Å². The smallest absolute Gasteiger partial charge is 0.0630 e. The molecule has 0 aliphatic rings. The lowest BCUT2D eigenvalue weighted by Crippen LogP contribution is -1.83. The van der Waals surface area contributed by atoms with Gasteiger partial charge < -0.3 is 0 Å². The standard InChI is InChI=1S/C19H17N/c1-2-15-10-12-18(13-11-15)20-14-17-8-5-7-16-6-3-4-9-19(16)17/h3-14H,2H2,1H3. The van der Waals surface area contributed by atoms with Crippen LogP contribution in [0.25, 0.3) is 10.8 Å². The predicted molar refractivity (Wildman–Crippen MR) is 87.0 cm³/mol. The molecule has 98 valence electrons. The van der Waals surface area contributed by atoms with Gasteiger partial charge in [-0.3, -0.25) is 4.99 Å². The molecule has 0 saturated carbocycles. The number of benzene rings is 3. The van der Waals surface area contributed by atoms with E-state index >= 15 is 0 Å². The maximum atomic E-state index is 4.58. The van der Waals surface area contributed by atoms with E-state index in [0.717, 1.165) is 17.7 Å². The first-order chi connectivity index (χ1) is 9.86. The molecule has 0 bridgehead atoms. The van der Waals surface area contributed by atoms with Gasteiger partial charge in [0, 0.05) is 11.8 Å². The third-order valence-electron chi connectivity index (χ3n) is 3.52. The van der Waals surface area contributed by atoms with Crippen molar-refractivity contribution in [3.8, 4) is 0 Å². The molecule has 0 aliphatic carbocycles. The SMILES string of the molecule is CCc1ccc(N=Cc2cccc3ccccc23)cc1. The van der Waals surface area contributed by atoms with Crippen LogP contribution in [0.1, 0.15) is 18.1 Å². The van der Waals surface area contributed by atoms with Crippen LogP contribution >= 0.6 is 0 Å². The summed E-state index contributed by atoms with van der Waals surface area (Å²) in [5.74, 6) is 0. The molecule has 0 aliphatic heterocycles. The molecule has 0 heterocycles. The molecule has 3 rings (SSSR count). The topological polar surface area (TPSA) is 12.4 Å². The van der Waals surface area contributed by atoms with Crippen molar-refractivity contribution < 1.29 is 0 Å². The van der Waals surface area contributed by atoms with Gasteiger partial charge >= 0.3 is 0 Å². The van der Waals surface area contributed by atoms with Gasteiger partial charge in [-0.25, -0.2) is 0 Å². The van der Waals surface area contributed by atoms with E-state index in [1.54, 1.807) is 0 Å². The van der Waals surface area contributed by atoms with Crippen molar-refractivity contribution in [2.24, 2.45) is 4.99 Å². The van der Waals surface area contributed by atoms with Crippen LogP contribution in [-0.2, 0) is 6.42 Å². The summed E-state index contributed by atoms with van der Waals surface area (Å²) in [4.78, 5) is 4.58. The van der Waals surface area contributed by atoms with Crippen molar-refractivity contribution in [2.75, 3.05) is 0 Å². The molecular formula is C19H17N. The van der Waals surface area contributed by atoms with Gasteiger partial charge in [0.05, 0.1) is 5.69 Å². The first kappa shape index (κ1) is 12.6. The molecule has 0 amide bonds. The monoisotopic (exact) mass is 259 g/mol. The van der Waals surface area contributed by atoms with Crippen molar-refractivity contribution in [3.05, 3.63) is 77.9 Å². The van der Waals surface area contributed by atoms with Gasteiger partial charge in [0.15, 0.2) is 0 Å². The maximum Gasteiger partial charge on any atom is 0.0630 e. The van der Waals surface area contributed by atoms with Gasteiger partial charge in [-0.1, -0.05) is 61.5 Å². The third-order valence-corrected chi connectivity index (χ3v) is 3.52. The molecule has 20 heavy (non-hydrogen) atoms. The Balaban J connectivity index is 1.93. The van der Waals surface area contributed by atoms with Crippen LogP contribution in [0.15, 0.2) is 71.7 Å². The van der Waals surface area contributed by atoms with Gasteiger partial charge in [0.25, 0.3) is 0 Å². The van der Waals surface area contributed by atoms with E-state index in [4.69, 9.17) is 0 Å². The van der Waals surface area contributed by atoms with Crippen molar-refractivity contribution in [3.63, 3.8) is 0 Å². The van der Waals surface area contributed by atoms with E-state index < -0.39 is 0 Å². The number of fused-ring (bicyclic) bond motifs is 1. The number of nitrogens with zero attached hydrogens (tertiary/aromatic N) is 1. The summed E-state index contributed by atoms with van der Waals surface area (Å²) < 4.78 is 0. The summed E-state index contributed by atoms with van der Waals surface area (Å²) in [6.07, 6.45) is 3.01. The number of hydrogen-bond donors (Lipinski definition) is 0. The quantitative estimate of drug-likeness (QED) is 0.577. The van der Waals surface area contributed by atoms with Crippen LogP contribution in [0, 0.1) is 0 Å². The van der Waals surface area contributed by atoms with Gasteiger partial charge in [0.1, 0.15) is 0 Å². The van der Waals surface area contributed by atoms with Crippen LogP contribution in [0.3, 0.4) is 0 Å². The molecule has 0 N–H and O–H groups in total. The summed E-state index contributed by atoms with van der Waals surface area (Å²) in [7, 11) is 0. The second-order valence-corrected chi connectivity index (χ2v) is 4.85. The Morgan fingerprint density at radius 3 is 2.40 bits per heavy atom. The predicted octanol–water partition coefficient (Wildman–Crippen LogP) is 5.15. The lowest BCUT2D eigenvalue weighted by atomic mass is 10.1. The third kappa shape index (κ3) is 2.62. The van der Waals surface area contributed by atoms with E-state index in [-0.39, 0.29) is 0 Å². The summed E-state index contributed by atoms with van der Waals surface area (Å²) in [6.45, 7) is 2.16. The Morgan fingerprint density at radius 2 is 1.60 bits per heavy atom. The lowest BCUT2D eigenvalue weighted by molar-refractivity contribution is 1.14. The molecule has 1 nitrogen and oxygen atoms in total. The summed E-state index contributed by atoms with van der Waals surface area (Å²) >= 11 is 0. The number of rotatable bonds is 3. The van der Waals surface area contributed by atoms with Crippen molar-refractivity contribution in [1.82, 2.24) is 0 Å². The molecule has 0 fully saturated rings. The average molecular weight is 259 g/mol. The van der Waals surface area contributed by atoms with Gasteiger partial charge in [-0.05, 0) is 34.9 Å². The minimum absolute atomic E-state index is 0.995. The fourth-order valence-corrected chi connectivity index (χ4v) is 2.32. The highest BCUT2D eigenvalue weighted by molar-refractivity contribution is 6.00. The average Bonchev–Trinajstić information content (AvgIpc) is 2.53. The first-order valence-electron chi connectivity index (χ1n) is 6.97. The Bertz CT molecular complexity index is 734. The molecule has 3 aromatic carbocycles. The van der Waals surface area contributed by atoms with Crippen molar-refractivity contribution >= 4 is 22.7 Å². The van der Waals surface area contributed by atoms with Crippen molar-refractivity contribution in [2.45, 2.75) is 13.3 Å². The molecule has 0 saturated heterocycles. The molecule has 0 aromatic heterocycles. The van der Waals surface area contributed by atoms with Crippen LogP contribution in [-0.4, -0.2) is 6.21 Å². The summed E-state index contributed by atoms with van der Waals surface area (Å²) in [5, 5.41) is 2.49. The van der Waals surface area contributed by atoms with E-state index in [1.165, 1.54) is 16.3 Å². The minimum Gasteiger partial charge on any atom is -0.256 e. The zero-order chi connectivity index (χ0) is 13.8. The van der Waals surface area contributed by atoms with E-state index in [0.29, 0.717) is 0 Å². The molecule has 0 radical (unpaired) electrons. The lowest BCUT2D eigenvalue weighted by Gasteiger charge is -2.01. The highest BCUT2D eigenvalue weighted by atomic mass is 14.7. The highest BCUT2D eigenvalue weighted by Gasteiger charge is 1.97. The number of aryl methyl sites for hydroxylation is 1. The Hall–Kier alpha value is -2.41. The number of aliphatic imine (C=N–C) groups is 1. The normalized spacial score (nSPS) is 11.2. The molecule has 1 heteroatoms. The molecule has 0 atom stereocenters. The first-order valence-corrected chi connectivity index (χ1v) is 6.97. The Labute approximate surface area is 119 Å². The van der Waals surface area contributed by atoms with Gasteiger partial charge in [0.2, 0.25) is 0 Å². The zero-order valence-corrected chi connectivity index (χ0v) is 11.6. The molecular weight excluding hydrogens is 242 g/mol. The maximum absolute atomic E-state index is 4.58. The fourth-order valence-electron chi connectivity index (χ4n) is 2.32. The van der Waals surface area contributed by atoms with E-state index in [9.17, 15) is 0 Å². The summed E-state index contributed by atoms with van der Waals surface area (Å²) in [6, 6.07) is 23.1. The minimum atomic E-state index is 0.995. The molecule has 3 aromatic rings. The van der Waals surface area contributed by atoms with Crippen molar-refractivity contribution in [1.29, 1.82) is 0 Å². The van der Waals surface area contributed by atoms with Gasteiger partial charge in [-0.2, -0.15) is 0 Å². The Morgan fingerprint density at radius 1 is 0.850 bits per heavy atom. The fraction of sp³-hybridized carbons (Fsp3) is 0.105. The number of hydrogen-bond acceptors (Lipinski definition) is 1.